The van der Waals surface area contributed by atoms with Crippen molar-refractivity contribution < 1.29 is 0 Å². The maximum Gasteiger partial charge on any atom is -0.00533 e. The summed E-state index contributed by atoms with van der Waals surface area (Å²) in [5, 5.41) is 2.98. The molecule has 2 heteroatoms. The van der Waals surface area contributed by atoms with Gasteiger partial charge < -0.3 is 0 Å². The van der Waals surface area contributed by atoms with E-state index in [9.17, 15) is 0 Å². The molecule has 0 heterocycles. The van der Waals surface area contributed by atoms with E-state index in [0.29, 0.717) is 0 Å². The Hall–Kier alpha value is -0.700. The van der Waals surface area contributed by atoms with Gasteiger partial charge in [-0.1, -0.05) is 75.2 Å². The van der Waals surface area contributed by atoms with Gasteiger partial charge in [-0.2, -0.15) is 0 Å². The van der Waals surface area contributed by atoms with E-state index >= 15 is 0 Å². The van der Waals surface area contributed by atoms with Crippen LogP contribution in [-0.4, -0.2) is 0 Å². The van der Waals surface area contributed by atoms with Crippen LogP contribution in [0.3, 0.4) is 0 Å². The maximum absolute atomic E-state index is 2.28. The first kappa shape index (κ1) is 15.7. The molecule has 0 aliphatic rings. The number of benzene rings is 2. The van der Waals surface area contributed by atoms with Crippen molar-refractivity contribution in [1.82, 2.24) is 0 Å². The summed E-state index contributed by atoms with van der Waals surface area (Å²) >= 11 is 0. The van der Waals surface area contributed by atoms with E-state index in [4.69, 9.17) is 0 Å². The summed E-state index contributed by atoms with van der Waals surface area (Å²) in [5.41, 5.74) is 3.02. The van der Waals surface area contributed by atoms with Crippen molar-refractivity contribution in [3.8, 4) is 0 Å². The molecule has 2 aromatic rings. The second kappa shape index (κ2) is 8.56. The summed E-state index contributed by atoms with van der Waals surface area (Å²) in [6.07, 6.45) is 4.82. The minimum absolute atomic E-state index is 1.19. The number of aryl methyl sites for hydroxylation is 2. The van der Waals surface area contributed by atoms with E-state index in [1.807, 2.05) is 0 Å². The monoisotopic (exact) mass is 300 g/mol. The highest BCUT2D eigenvalue weighted by molar-refractivity contribution is 8.18. The highest BCUT2D eigenvalue weighted by Crippen LogP contribution is 2.37. The number of rotatable bonds is 7. The molecule has 0 N–H and O–H groups in total. The van der Waals surface area contributed by atoms with E-state index in [1.165, 1.54) is 64.0 Å². The molecule has 2 radical (unpaired) electrons. The predicted octanol–water partition coefficient (Wildman–Crippen LogP) is 5.35. The molecule has 104 valence electrons. The molecule has 0 fully saturated rings. The van der Waals surface area contributed by atoms with Gasteiger partial charge in [-0.25, -0.2) is 0 Å². The Bertz CT molecular complexity index is 485. The average molecular weight is 300 g/mol. The molecule has 0 spiro atoms. The fourth-order valence-electron chi connectivity index (χ4n) is 2.29. The van der Waals surface area contributed by atoms with Crippen LogP contribution in [0.5, 0.6) is 0 Å². The van der Waals surface area contributed by atoms with Gasteiger partial charge in [0.15, 0.2) is 0 Å². The van der Waals surface area contributed by atoms with Gasteiger partial charge in [0.2, 0.25) is 0 Å². The smallest absolute Gasteiger partial charge is 0.00533 e. The van der Waals surface area contributed by atoms with E-state index in [2.05, 4.69) is 62.4 Å². The molecule has 2 aromatic carbocycles. The van der Waals surface area contributed by atoms with Crippen molar-refractivity contribution in [1.29, 1.82) is 0 Å². The third kappa shape index (κ3) is 4.41. The Balaban J connectivity index is 2.09. The topological polar surface area (TPSA) is 0 Å². The molecule has 0 amide bonds. The second-order valence-corrected chi connectivity index (χ2v) is 7.52. The Morgan fingerprint density at radius 1 is 0.650 bits per heavy atom. The molecule has 0 aliphatic heterocycles. The summed E-state index contributed by atoms with van der Waals surface area (Å²) in [5.74, 6) is 0. The third-order valence-corrected chi connectivity index (χ3v) is 6.28. The Labute approximate surface area is 126 Å². The number of hydrogen-bond donors (Lipinski definition) is 0. The van der Waals surface area contributed by atoms with Gasteiger partial charge in [-0.15, -0.1) is 0 Å². The van der Waals surface area contributed by atoms with Gasteiger partial charge in [0.05, 0.1) is 0 Å². The quantitative estimate of drug-likeness (QED) is 0.605. The van der Waals surface area contributed by atoms with Crippen molar-refractivity contribution in [2.24, 2.45) is 0 Å². The Kier molecular flexibility index (Phi) is 6.71. The molecule has 0 atom stereocenters. The second-order valence-electron chi connectivity index (χ2n) is 4.96. The summed E-state index contributed by atoms with van der Waals surface area (Å²) < 4.78 is 0. The zero-order valence-electron chi connectivity index (χ0n) is 12.3. The Morgan fingerprint density at radius 3 is 1.45 bits per heavy atom. The van der Waals surface area contributed by atoms with Crippen LogP contribution >= 0.6 is 16.5 Å². The summed E-state index contributed by atoms with van der Waals surface area (Å²) in [4.78, 5) is 0. The summed E-state index contributed by atoms with van der Waals surface area (Å²) in [6.45, 7) is 4.50. The lowest BCUT2D eigenvalue weighted by Crippen LogP contribution is -2.05. The van der Waals surface area contributed by atoms with Crippen molar-refractivity contribution in [2.75, 3.05) is 0 Å². The van der Waals surface area contributed by atoms with Gasteiger partial charge in [-0.05, 0) is 51.1 Å². The minimum atomic E-state index is 1.19. The SMILES string of the molecule is CCCc1ccccc1[P][P]c1ccccc1CCC. The van der Waals surface area contributed by atoms with Crippen molar-refractivity contribution in [2.45, 2.75) is 39.5 Å². The predicted molar refractivity (Wildman–Crippen MR) is 94.0 cm³/mol. The standard InChI is InChI=1S/C18H22P2/c1-3-9-15-11-5-7-13-17(15)19-20-18-14-8-6-12-16(18)10-4-2/h5-8,11-14H,3-4,9-10H2,1-2H3. The maximum atomic E-state index is 2.28. The fraction of sp³-hybridized carbons (Fsp3) is 0.333. The van der Waals surface area contributed by atoms with Crippen LogP contribution in [-0.2, 0) is 12.8 Å². The Morgan fingerprint density at radius 2 is 1.05 bits per heavy atom. The molecule has 0 saturated carbocycles. The minimum Gasteiger partial charge on any atom is -0.0651 e. The summed E-state index contributed by atoms with van der Waals surface area (Å²) in [6, 6.07) is 17.8. The lowest BCUT2D eigenvalue weighted by Gasteiger charge is -2.10. The summed E-state index contributed by atoms with van der Waals surface area (Å²) in [7, 11) is 2.82. The van der Waals surface area contributed by atoms with Crippen molar-refractivity contribution in [3.63, 3.8) is 0 Å². The van der Waals surface area contributed by atoms with Gasteiger partial charge >= 0.3 is 0 Å². The third-order valence-electron chi connectivity index (χ3n) is 3.29. The molecule has 0 unspecified atom stereocenters. The largest absolute Gasteiger partial charge is 0.0651 e. The molecule has 0 nitrogen and oxygen atoms in total. The van der Waals surface area contributed by atoms with E-state index in [1.54, 1.807) is 0 Å². The van der Waals surface area contributed by atoms with Crippen LogP contribution in [0, 0.1) is 0 Å². The van der Waals surface area contributed by atoms with Gasteiger partial charge in [0.25, 0.3) is 0 Å². The van der Waals surface area contributed by atoms with Gasteiger partial charge in [0.1, 0.15) is 0 Å². The highest BCUT2D eigenvalue weighted by atomic mass is 32.0. The zero-order chi connectivity index (χ0) is 14.2. The first-order valence-corrected chi connectivity index (χ1v) is 9.92. The number of hydrogen-bond acceptors (Lipinski definition) is 0. The lowest BCUT2D eigenvalue weighted by atomic mass is 10.1. The van der Waals surface area contributed by atoms with Crippen LogP contribution in [0.15, 0.2) is 48.5 Å². The lowest BCUT2D eigenvalue weighted by molar-refractivity contribution is 0.927. The fourth-order valence-corrected chi connectivity index (χ4v) is 5.25. The molecular formula is C18H22P2. The molecule has 20 heavy (non-hydrogen) atoms. The molecule has 0 aromatic heterocycles. The molecular weight excluding hydrogens is 278 g/mol. The van der Waals surface area contributed by atoms with Gasteiger partial charge in [0, 0.05) is 0 Å². The average Bonchev–Trinajstić information content (AvgIpc) is 2.48. The highest BCUT2D eigenvalue weighted by Gasteiger charge is 2.06. The first-order valence-electron chi connectivity index (χ1n) is 7.42. The first-order chi connectivity index (χ1) is 9.85. The van der Waals surface area contributed by atoms with Crippen LogP contribution in [0.25, 0.3) is 0 Å². The van der Waals surface area contributed by atoms with E-state index < -0.39 is 0 Å². The van der Waals surface area contributed by atoms with E-state index in [0.717, 1.165) is 0 Å². The van der Waals surface area contributed by atoms with Crippen LogP contribution in [0.1, 0.15) is 37.8 Å². The molecule has 2 rings (SSSR count). The van der Waals surface area contributed by atoms with Crippen LogP contribution in [0.2, 0.25) is 0 Å². The molecule has 0 saturated heterocycles. The van der Waals surface area contributed by atoms with E-state index in [-0.39, 0.29) is 0 Å². The van der Waals surface area contributed by atoms with Crippen molar-refractivity contribution >= 4 is 27.1 Å². The normalized spacial score (nSPS) is 11.9. The van der Waals surface area contributed by atoms with Gasteiger partial charge in [-0.3, -0.25) is 0 Å². The van der Waals surface area contributed by atoms with Crippen LogP contribution < -0.4 is 10.6 Å². The zero-order valence-corrected chi connectivity index (χ0v) is 14.1. The van der Waals surface area contributed by atoms with Crippen LogP contribution in [0.4, 0.5) is 0 Å². The molecule has 0 aliphatic carbocycles. The molecule has 0 bridgehead atoms. The van der Waals surface area contributed by atoms with Crippen molar-refractivity contribution in [3.05, 3.63) is 59.7 Å².